The molecule has 0 radical (unpaired) electrons. The first-order chi connectivity index (χ1) is 17.7. The molecule has 6 aromatic carbocycles. The largest absolute Gasteiger partial charge is 0.707 e. The summed E-state index contributed by atoms with van der Waals surface area (Å²) in [4.78, 5) is 0. The molecule has 0 amide bonds. The summed E-state index contributed by atoms with van der Waals surface area (Å²) in [6.07, 6.45) is 0. The highest BCUT2D eigenvalue weighted by Crippen LogP contribution is 2.44. The lowest BCUT2D eigenvalue weighted by Crippen LogP contribution is -2.21. The Morgan fingerprint density at radius 1 is 0.417 bits per heavy atom. The van der Waals surface area contributed by atoms with Gasteiger partial charge >= 0.3 is 7.32 Å². The number of benzene rings is 6. The van der Waals surface area contributed by atoms with Crippen molar-refractivity contribution in [3.05, 3.63) is 127 Å². The first-order valence-corrected chi connectivity index (χ1v) is 11.9. The lowest BCUT2D eigenvalue weighted by molar-refractivity contribution is 0.291. The summed E-state index contributed by atoms with van der Waals surface area (Å²) in [6.45, 7) is 0. The fourth-order valence-electron chi connectivity index (χ4n) is 5.00. The van der Waals surface area contributed by atoms with Gasteiger partial charge < -0.3 is 14.7 Å². The van der Waals surface area contributed by atoms with Crippen LogP contribution in [0.4, 0.5) is 0 Å². The molecule has 0 bridgehead atoms. The Kier molecular flexibility index (Phi) is 5.74. The third kappa shape index (κ3) is 4.03. The van der Waals surface area contributed by atoms with Crippen molar-refractivity contribution < 1.29 is 14.7 Å². The van der Waals surface area contributed by atoms with E-state index in [1.54, 1.807) is 0 Å². The van der Waals surface area contributed by atoms with Crippen LogP contribution in [0.2, 0.25) is 0 Å². The number of hydrogen-bond donors (Lipinski definition) is 2. The zero-order valence-electron chi connectivity index (χ0n) is 19.5. The highest BCUT2D eigenvalue weighted by molar-refractivity contribution is 6.35. The quantitative estimate of drug-likeness (QED) is 0.206. The Morgan fingerprint density at radius 2 is 0.806 bits per heavy atom. The van der Waals surface area contributed by atoms with Gasteiger partial charge in [-0.3, -0.25) is 0 Å². The second-order valence-corrected chi connectivity index (χ2v) is 8.77. The van der Waals surface area contributed by atoms with Crippen molar-refractivity contribution in [2.45, 2.75) is 0 Å². The van der Waals surface area contributed by atoms with Gasteiger partial charge in [0.05, 0.1) is 0 Å². The minimum Gasteiger partial charge on any atom is -0.511 e. The molecule has 0 fully saturated rings. The van der Waals surface area contributed by atoms with Gasteiger partial charge in [-0.2, -0.15) is 0 Å². The molecule has 172 valence electrons. The van der Waals surface area contributed by atoms with Crippen LogP contribution < -0.4 is 4.65 Å². The van der Waals surface area contributed by atoms with Gasteiger partial charge in [0.15, 0.2) is 0 Å². The fourth-order valence-corrected chi connectivity index (χ4v) is 5.00. The van der Waals surface area contributed by atoms with Gasteiger partial charge in [-0.25, -0.2) is 0 Å². The maximum absolute atomic E-state index is 9.67. The molecule has 0 saturated heterocycles. The van der Waals surface area contributed by atoms with Crippen molar-refractivity contribution in [3.63, 3.8) is 0 Å². The molecule has 0 unspecified atom stereocenters. The van der Waals surface area contributed by atoms with Crippen molar-refractivity contribution in [3.8, 4) is 39.1 Å². The Balaban J connectivity index is 1.71. The average Bonchev–Trinajstić information content (AvgIpc) is 2.93. The fraction of sp³-hybridized carbons (Fsp3) is 0. The molecule has 0 saturated carbocycles. The topological polar surface area (TPSA) is 49.7 Å². The predicted molar refractivity (Wildman–Crippen MR) is 149 cm³/mol. The summed E-state index contributed by atoms with van der Waals surface area (Å²) in [5, 5.41) is 23.0. The lowest BCUT2D eigenvalue weighted by atomic mass is 9.87. The van der Waals surface area contributed by atoms with Crippen LogP contribution >= 0.6 is 0 Å². The van der Waals surface area contributed by atoms with E-state index in [1.165, 1.54) is 0 Å². The second kappa shape index (κ2) is 9.35. The van der Waals surface area contributed by atoms with E-state index < -0.39 is 7.32 Å². The third-order valence-corrected chi connectivity index (χ3v) is 6.54. The zero-order chi connectivity index (χ0) is 24.5. The van der Waals surface area contributed by atoms with Crippen molar-refractivity contribution in [2.75, 3.05) is 0 Å². The SMILES string of the molecule is OB(O)Oc1c2ccccc2c(-c2cc(-c3ccccc3)cc(-c3ccccc3)c2)c2ccccc12. The molecule has 4 heteroatoms. The molecule has 0 aromatic heterocycles. The minimum atomic E-state index is -1.91. The number of hydrogen-bond acceptors (Lipinski definition) is 3. The van der Waals surface area contributed by atoms with Gasteiger partial charge in [-0.15, -0.1) is 0 Å². The lowest BCUT2D eigenvalue weighted by Gasteiger charge is -2.19. The summed E-state index contributed by atoms with van der Waals surface area (Å²) in [6, 6.07) is 43.4. The van der Waals surface area contributed by atoms with Gasteiger partial charge in [0.1, 0.15) is 5.75 Å². The minimum absolute atomic E-state index is 0.461. The molecule has 36 heavy (non-hydrogen) atoms. The maximum atomic E-state index is 9.67. The maximum Gasteiger partial charge on any atom is 0.707 e. The van der Waals surface area contributed by atoms with E-state index in [0.29, 0.717) is 5.75 Å². The van der Waals surface area contributed by atoms with Gasteiger partial charge in [-0.05, 0) is 62.4 Å². The summed E-state index contributed by atoms with van der Waals surface area (Å²) >= 11 is 0. The summed E-state index contributed by atoms with van der Waals surface area (Å²) < 4.78 is 5.53. The van der Waals surface area contributed by atoms with Crippen LogP contribution in [0.3, 0.4) is 0 Å². The van der Waals surface area contributed by atoms with Crippen molar-refractivity contribution in [1.29, 1.82) is 0 Å². The Morgan fingerprint density at radius 3 is 1.25 bits per heavy atom. The highest BCUT2D eigenvalue weighted by atomic mass is 16.6. The molecule has 0 aliphatic heterocycles. The number of fused-ring (bicyclic) bond motifs is 2. The second-order valence-electron chi connectivity index (χ2n) is 8.77. The monoisotopic (exact) mass is 466 g/mol. The predicted octanol–water partition coefficient (Wildman–Crippen LogP) is 7.34. The molecule has 6 rings (SSSR count). The van der Waals surface area contributed by atoms with Crippen LogP contribution in [0.5, 0.6) is 5.75 Å². The van der Waals surface area contributed by atoms with Crippen LogP contribution in [0.1, 0.15) is 0 Å². The standard InChI is InChI=1S/C32H23BO3/c34-33(35)36-32-29-17-9-7-15-27(29)31(28-16-8-10-18-30(28)32)26-20-24(22-11-3-1-4-12-22)19-25(21-26)23-13-5-2-6-14-23/h1-21,34-35H. The van der Waals surface area contributed by atoms with Gasteiger partial charge in [0.25, 0.3) is 0 Å². The summed E-state index contributed by atoms with van der Waals surface area (Å²) in [5.41, 5.74) is 6.72. The Hall–Kier alpha value is -4.38. The smallest absolute Gasteiger partial charge is 0.511 e. The average molecular weight is 466 g/mol. The van der Waals surface area contributed by atoms with E-state index in [2.05, 4.69) is 78.9 Å². The van der Waals surface area contributed by atoms with Crippen molar-refractivity contribution in [1.82, 2.24) is 0 Å². The van der Waals surface area contributed by atoms with E-state index in [4.69, 9.17) is 4.65 Å². The van der Waals surface area contributed by atoms with E-state index in [-0.39, 0.29) is 0 Å². The Labute approximate surface area is 210 Å². The molecular weight excluding hydrogens is 443 g/mol. The molecule has 0 aliphatic carbocycles. The van der Waals surface area contributed by atoms with Crippen LogP contribution in [0, 0.1) is 0 Å². The van der Waals surface area contributed by atoms with E-state index in [0.717, 1.165) is 54.9 Å². The van der Waals surface area contributed by atoms with Crippen LogP contribution in [-0.4, -0.2) is 17.4 Å². The van der Waals surface area contributed by atoms with Crippen molar-refractivity contribution in [2.24, 2.45) is 0 Å². The molecule has 0 heterocycles. The third-order valence-electron chi connectivity index (χ3n) is 6.54. The normalized spacial score (nSPS) is 11.1. The van der Waals surface area contributed by atoms with E-state index >= 15 is 0 Å². The molecule has 6 aromatic rings. The molecule has 3 nitrogen and oxygen atoms in total. The first-order valence-electron chi connectivity index (χ1n) is 11.9. The Bertz CT molecular complexity index is 1560. The van der Waals surface area contributed by atoms with Gasteiger partial charge in [-0.1, -0.05) is 109 Å². The molecular formula is C32H23BO3. The van der Waals surface area contributed by atoms with Gasteiger partial charge in [0.2, 0.25) is 0 Å². The van der Waals surface area contributed by atoms with Crippen LogP contribution in [-0.2, 0) is 0 Å². The van der Waals surface area contributed by atoms with Crippen LogP contribution in [0.15, 0.2) is 127 Å². The number of rotatable bonds is 5. The molecule has 0 aliphatic rings. The molecule has 2 N–H and O–H groups in total. The first kappa shape index (κ1) is 22.1. The molecule has 0 spiro atoms. The summed E-state index contributed by atoms with van der Waals surface area (Å²) in [7, 11) is -1.91. The highest BCUT2D eigenvalue weighted by Gasteiger charge is 2.21. The molecule has 0 atom stereocenters. The zero-order valence-corrected chi connectivity index (χ0v) is 19.5. The van der Waals surface area contributed by atoms with Crippen molar-refractivity contribution >= 4 is 28.9 Å². The van der Waals surface area contributed by atoms with E-state index in [9.17, 15) is 10.0 Å². The van der Waals surface area contributed by atoms with E-state index in [1.807, 2.05) is 48.5 Å². The summed E-state index contributed by atoms with van der Waals surface area (Å²) in [5.74, 6) is 0.461. The van der Waals surface area contributed by atoms with Crippen LogP contribution in [0.25, 0.3) is 54.9 Å². The van der Waals surface area contributed by atoms with Gasteiger partial charge in [0, 0.05) is 10.8 Å².